The summed E-state index contributed by atoms with van der Waals surface area (Å²) < 4.78 is 0.814. The van der Waals surface area contributed by atoms with Gasteiger partial charge in [-0.2, -0.15) is 0 Å². The van der Waals surface area contributed by atoms with Crippen LogP contribution in [0, 0.1) is 0 Å². The van der Waals surface area contributed by atoms with Gasteiger partial charge in [-0.25, -0.2) is 0 Å². The Bertz CT molecular complexity index is 495. The molecule has 0 amide bonds. The number of carbonyl (C=O) groups excluding carboxylic acids is 1. The fraction of sp³-hybridized carbons (Fsp3) is 0.0833. The Morgan fingerprint density at radius 2 is 1.94 bits per heavy atom. The van der Waals surface area contributed by atoms with E-state index in [9.17, 15) is 4.79 Å². The molecular formula is C12H10BrNOS. The lowest BCUT2D eigenvalue weighted by Gasteiger charge is -2.09. The van der Waals surface area contributed by atoms with Crippen molar-refractivity contribution in [3.8, 4) is 0 Å². The third-order valence-corrected chi connectivity index (χ3v) is 4.13. The molecule has 1 aromatic carbocycles. The zero-order chi connectivity index (χ0) is 11.5. The molecule has 0 aliphatic heterocycles. The standard InChI is InChI=1S/C12H10BrNOS/c13-9-6-7-16-12(9)11(15)10(14)8-4-2-1-3-5-8/h1-7,10H,14H2/t10-/m1/s1. The summed E-state index contributed by atoms with van der Waals surface area (Å²) >= 11 is 4.75. The third kappa shape index (κ3) is 2.24. The number of nitrogens with two attached hydrogens (primary N) is 1. The maximum absolute atomic E-state index is 12.1. The van der Waals surface area contributed by atoms with Gasteiger partial charge in [0.25, 0.3) is 0 Å². The van der Waals surface area contributed by atoms with E-state index in [0.717, 1.165) is 10.0 Å². The number of benzene rings is 1. The molecule has 2 rings (SSSR count). The lowest BCUT2D eigenvalue weighted by Crippen LogP contribution is -2.20. The van der Waals surface area contributed by atoms with Crippen LogP contribution in [0.5, 0.6) is 0 Å². The van der Waals surface area contributed by atoms with Crippen LogP contribution in [0.15, 0.2) is 46.3 Å². The van der Waals surface area contributed by atoms with Crippen molar-refractivity contribution in [3.63, 3.8) is 0 Å². The Hall–Kier alpha value is -0.970. The van der Waals surface area contributed by atoms with Gasteiger partial charge in [0.1, 0.15) is 0 Å². The maximum Gasteiger partial charge on any atom is 0.195 e. The Morgan fingerprint density at radius 1 is 1.25 bits per heavy atom. The fourth-order valence-corrected chi connectivity index (χ4v) is 2.97. The highest BCUT2D eigenvalue weighted by Gasteiger charge is 2.20. The van der Waals surface area contributed by atoms with Crippen LogP contribution in [0.2, 0.25) is 0 Å². The normalized spacial score (nSPS) is 12.4. The van der Waals surface area contributed by atoms with E-state index in [1.165, 1.54) is 11.3 Å². The number of thiophene rings is 1. The van der Waals surface area contributed by atoms with Gasteiger partial charge in [0.15, 0.2) is 5.78 Å². The summed E-state index contributed by atoms with van der Waals surface area (Å²) in [6.45, 7) is 0. The van der Waals surface area contributed by atoms with Crippen LogP contribution in [0.1, 0.15) is 21.3 Å². The van der Waals surface area contributed by atoms with Crippen LogP contribution < -0.4 is 5.73 Å². The van der Waals surface area contributed by atoms with Crippen LogP contribution in [0.3, 0.4) is 0 Å². The number of rotatable bonds is 3. The Kier molecular flexibility index (Phi) is 3.53. The Balaban J connectivity index is 2.27. The molecule has 1 heterocycles. The number of ketones is 1. The lowest BCUT2D eigenvalue weighted by atomic mass is 10.0. The van der Waals surface area contributed by atoms with E-state index >= 15 is 0 Å². The van der Waals surface area contributed by atoms with Crippen molar-refractivity contribution in [1.29, 1.82) is 0 Å². The van der Waals surface area contributed by atoms with Crippen molar-refractivity contribution in [3.05, 3.63) is 56.7 Å². The summed E-state index contributed by atoms with van der Waals surface area (Å²) in [6, 6.07) is 10.7. The van der Waals surface area contributed by atoms with E-state index < -0.39 is 6.04 Å². The predicted molar refractivity (Wildman–Crippen MR) is 69.7 cm³/mol. The molecule has 2 N–H and O–H groups in total. The first-order valence-electron chi connectivity index (χ1n) is 4.78. The predicted octanol–water partition coefficient (Wildman–Crippen LogP) is 3.39. The van der Waals surface area contributed by atoms with E-state index in [4.69, 9.17) is 5.73 Å². The monoisotopic (exact) mass is 295 g/mol. The molecule has 0 spiro atoms. The topological polar surface area (TPSA) is 43.1 Å². The van der Waals surface area contributed by atoms with Gasteiger partial charge >= 0.3 is 0 Å². The molecule has 0 saturated heterocycles. The van der Waals surface area contributed by atoms with Gasteiger partial charge in [-0.1, -0.05) is 30.3 Å². The molecule has 0 unspecified atom stereocenters. The minimum atomic E-state index is -0.587. The van der Waals surface area contributed by atoms with Crippen molar-refractivity contribution >= 4 is 33.0 Å². The summed E-state index contributed by atoms with van der Waals surface area (Å²) in [5.41, 5.74) is 6.78. The first kappa shape index (κ1) is 11.5. The molecule has 0 fully saturated rings. The quantitative estimate of drug-likeness (QED) is 0.882. The number of carbonyl (C=O) groups is 1. The van der Waals surface area contributed by atoms with Crippen molar-refractivity contribution in [2.75, 3.05) is 0 Å². The zero-order valence-corrected chi connectivity index (χ0v) is 10.8. The average molecular weight is 296 g/mol. The fourth-order valence-electron chi connectivity index (χ4n) is 1.42. The van der Waals surface area contributed by atoms with E-state index in [0.29, 0.717) is 4.88 Å². The maximum atomic E-state index is 12.1. The van der Waals surface area contributed by atoms with Gasteiger partial charge in [0, 0.05) is 4.47 Å². The van der Waals surface area contributed by atoms with Crippen LogP contribution in [0.4, 0.5) is 0 Å². The van der Waals surface area contributed by atoms with Crippen molar-refractivity contribution < 1.29 is 4.79 Å². The van der Waals surface area contributed by atoms with E-state index in [2.05, 4.69) is 15.9 Å². The van der Waals surface area contributed by atoms with Gasteiger partial charge in [0.2, 0.25) is 0 Å². The van der Waals surface area contributed by atoms with Gasteiger partial charge in [0.05, 0.1) is 10.9 Å². The first-order chi connectivity index (χ1) is 7.70. The largest absolute Gasteiger partial charge is 0.317 e. The van der Waals surface area contributed by atoms with Crippen molar-refractivity contribution in [2.24, 2.45) is 5.73 Å². The molecule has 2 nitrogen and oxygen atoms in total. The van der Waals surface area contributed by atoms with Gasteiger partial charge in [-0.3, -0.25) is 4.79 Å². The zero-order valence-electron chi connectivity index (χ0n) is 8.39. The molecule has 0 aliphatic carbocycles. The second-order valence-electron chi connectivity index (χ2n) is 3.35. The number of Topliss-reactive ketones (excluding diaryl/α,β-unsaturated/α-hetero) is 1. The summed E-state index contributed by atoms with van der Waals surface area (Å²) in [5.74, 6) is -0.0481. The second-order valence-corrected chi connectivity index (χ2v) is 5.12. The molecule has 1 atom stereocenters. The van der Waals surface area contributed by atoms with Gasteiger partial charge in [-0.05, 0) is 32.9 Å². The van der Waals surface area contributed by atoms with Crippen molar-refractivity contribution in [1.82, 2.24) is 0 Å². The third-order valence-electron chi connectivity index (χ3n) is 2.28. The molecule has 0 saturated carbocycles. The lowest BCUT2D eigenvalue weighted by molar-refractivity contribution is 0.0964. The van der Waals surface area contributed by atoms with Crippen LogP contribution in [0.25, 0.3) is 0 Å². The molecule has 2 aromatic rings. The summed E-state index contributed by atoms with van der Waals surface area (Å²) in [7, 11) is 0. The molecule has 82 valence electrons. The Morgan fingerprint density at radius 3 is 2.50 bits per heavy atom. The van der Waals surface area contributed by atoms with Crippen LogP contribution >= 0.6 is 27.3 Å². The van der Waals surface area contributed by atoms with E-state index in [1.807, 2.05) is 41.8 Å². The highest BCUT2D eigenvalue weighted by Crippen LogP contribution is 2.27. The van der Waals surface area contributed by atoms with Gasteiger partial charge < -0.3 is 5.73 Å². The molecule has 0 bridgehead atoms. The highest BCUT2D eigenvalue weighted by molar-refractivity contribution is 9.10. The minimum Gasteiger partial charge on any atom is -0.317 e. The van der Waals surface area contributed by atoms with E-state index in [1.54, 1.807) is 0 Å². The summed E-state index contributed by atoms with van der Waals surface area (Å²) in [6.07, 6.45) is 0. The van der Waals surface area contributed by atoms with Gasteiger partial charge in [-0.15, -0.1) is 11.3 Å². The summed E-state index contributed by atoms with van der Waals surface area (Å²) in [4.78, 5) is 12.8. The number of halogens is 1. The number of hydrogen-bond donors (Lipinski definition) is 1. The molecule has 0 aliphatic rings. The first-order valence-corrected chi connectivity index (χ1v) is 6.45. The van der Waals surface area contributed by atoms with Crippen molar-refractivity contribution in [2.45, 2.75) is 6.04 Å². The second kappa shape index (κ2) is 4.91. The average Bonchev–Trinajstić information content (AvgIpc) is 2.75. The smallest absolute Gasteiger partial charge is 0.195 e. The molecule has 16 heavy (non-hydrogen) atoms. The highest BCUT2D eigenvalue weighted by atomic mass is 79.9. The molecule has 1 aromatic heterocycles. The molecule has 0 radical (unpaired) electrons. The number of hydrogen-bond acceptors (Lipinski definition) is 3. The van der Waals surface area contributed by atoms with Crippen LogP contribution in [-0.4, -0.2) is 5.78 Å². The van der Waals surface area contributed by atoms with E-state index in [-0.39, 0.29) is 5.78 Å². The van der Waals surface area contributed by atoms with Crippen LogP contribution in [-0.2, 0) is 0 Å². The summed E-state index contributed by atoms with van der Waals surface area (Å²) in [5, 5.41) is 1.87. The molecule has 4 heteroatoms. The molecular weight excluding hydrogens is 286 g/mol. The SMILES string of the molecule is N[C@@H](C(=O)c1sccc1Br)c1ccccc1. The Labute approximate surface area is 106 Å². The minimum absolute atomic E-state index is 0.0481.